The molecule has 2 rings (SSSR count). The van der Waals surface area contributed by atoms with Crippen LogP contribution in [-0.4, -0.2) is 43.8 Å². The predicted molar refractivity (Wildman–Crippen MR) is 83.8 cm³/mol. The molecule has 2 N–H and O–H groups in total. The Hall–Kier alpha value is -0.900. The van der Waals surface area contributed by atoms with E-state index in [0.717, 1.165) is 32.0 Å². The third-order valence-electron chi connectivity index (χ3n) is 4.27. The van der Waals surface area contributed by atoms with E-state index in [4.69, 9.17) is 10.5 Å². The highest BCUT2D eigenvalue weighted by Gasteiger charge is 2.32. The van der Waals surface area contributed by atoms with E-state index in [1.807, 2.05) is 0 Å². The predicted octanol–water partition coefficient (Wildman–Crippen LogP) is 2.30. The topological polar surface area (TPSA) is 38.5 Å². The highest BCUT2D eigenvalue weighted by Crippen LogP contribution is 2.35. The Morgan fingerprint density at radius 1 is 1.30 bits per heavy atom. The van der Waals surface area contributed by atoms with Crippen LogP contribution in [0, 0.1) is 5.92 Å². The first kappa shape index (κ1) is 15.5. The zero-order valence-corrected chi connectivity index (χ0v) is 12.8. The minimum Gasteiger partial charge on any atom is -0.383 e. The van der Waals surface area contributed by atoms with Gasteiger partial charge in [0, 0.05) is 32.3 Å². The molecule has 0 bridgehead atoms. The highest BCUT2D eigenvalue weighted by molar-refractivity contribution is 5.15. The van der Waals surface area contributed by atoms with Gasteiger partial charge in [-0.1, -0.05) is 30.3 Å². The van der Waals surface area contributed by atoms with E-state index in [9.17, 15) is 0 Å². The molecule has 1 aliphatic rings. The largest absolute Gasteiger partial charge is 0.383 e. The number of hydrogen-bond donors (Lipinski definition) is 1. The zero-order valence-electron chi connectivity index (χ0n) is 12.8. The summed E-state index contributed by atoms with van der Waals surface area (Å²) in [5.41, 5.74) is 7.68. The van der Waals surface area contributed by atoms with Crippen molar-refractivity contribution in [3.05, 3.63) is 35.9 Å². The second kappa shape index (κ2) is 7.77. The summed E-state index contributed by atoms with van der Waals surface area (Å²) in [5.74, 6) is 0.871. The van der Waals surface area contributed by atoms with Crippen molar-refractivity contribution in [1.29, 1.82) is 0 Å². The molecule has 0 aromatic heterocycles. The van der Waals surface area contributed by atoms with E-state index < -0.39 is 0 Å². The molecular weight excluding hydrogens is 248 g/mol. The summed E-state index contributed by atoms with van der Waals surface area (Å²) in [7, 11) is 1.77. The van der Waals surface area contributed by atoms with E-state index in [1.54, 1.807) is 7.11 Å². The number of nitrogens with two attached hydrogens (primary N) is 1. The van der Waals surface area contributed by atoms with Gasteiger partial charge < -0.3 is 10.5 Å². The van der Waals surface area contributed by atoms with Crippen molar-refractivity contribution in [2.24, 2.45) is 11.7 Å². The Bertz CT molecular complexity index is 378. The van der Waals surface area contributed by atoms with E-state index in [-0.39, 0.29) is 6.04 Å². The third kappa shape index (κ3) is 4.89. The number of hydrogen-bond acceptors (Lipinski definition) is 3. The van der Waals surface area contributed by atoms with E-state index in [2.05, 4.69) is 42.2 Å². The fourth-order valence-corrected chi connectivity index (χ4v) is 2.83. The van der Waals surface area contributed by atoms with E-state index in [0.29, 0.717) is 6.04 Å². The van der Waals surface area contributed by atoms with Gasteiger partial charge in [0.2, 0.25) is 0 Å². The first-order chi connectivity index (χ1) is 9.70. The Kier molecular flexibility index (Phi) is 6.02. The Balaban J connectivity index is 1.85. The van der Waals surface area contributed by atoms with Crippen LogP contribution in [0.2, 0.25) is 0 Å². The second-order valence-corrected chi connectivity index (χ2v) is 6.02. The second-order valence-electron chi connectivity index (χ2n) is 6.02. The lowest BCUT2D eigenvalue weighted by Gasteiger charge is -2.31. The third-order valence-corrected chi connectivity index (χ3v) is 4.27. The van der Waals surface area contributed by atoms with Crippen molar-refractivity contribution in [3.8, 4) is 0 Å². The minimum atomic E-state index is 0.190. The molecular formula is C17H28N2O. The van der Waals surface area contributed by atoms with Crippen LogP contribution in [0.25, 0.3) is 0 Å². The molecule has 0 radical (unpaired) electrons. The molecule has 1 aliphatic carbocycles. The van der Waals surface area contributed by atoms with Crippen molar-refractivity contribution < 1.29 is 4.74 Å². The normalized spacial score (nSPS) is 18.2. The Morgan fingerprint density at radius 3 is 2.60 bits per heavy atom. The van der Waals surface area contributed by atoms with Gasteiger partial charge in [0.15, 0.2) is 0 Å². The molecule has 1 aromatic rings. The van der Waals surface area contributed by atoms with E-state index in [1.165, 1.54) is 18.4 Å². The lowest BCUT2D eigenvalue weighted by Crippen LogP contribution is -2.45. The fraction of sp³-hybridized carbons (Fsp3) is 0.647. The van der Waals surface area contributed by atoms with Gasteiger partial charge in [-0.15, -0.1) is 0 Å². The highest BCUT2D eigenvalue weighted by atomic mass is 16.5. The van der Waals surface area contributed by atoms with Crippen LogP contribution in [0.4, 0.5) is 0 Å². The molecule has 0 heterocycles. The maximum atomic E-state index is 6.35. The van der Waals surface area contributed by atoms with Crippen LogP contribution in [0.1, 0.15) is 25.3 Å². The molecule has 3 nitrogen and oxygen atoms in total. The quantitative estimate of drug-likeness (QED) is 0.752. The smallest absolute Gasteiger partial charge is 0.0589 e. The van der Waals surface area contributed by atoms with Gasteiger partial charge in [-0.2, -0.15) is 0 Å². The summed E-state index contributed by atoms with van der Waals surface area (Å²) in [4.78, 5) is 2.51. The van der Waals surface area contributed by atoms with Crippen LogP contribution in [0.15, 0.2) is 30.3 Å². The van der Waals surface area contributed by atoms with Crippen LogP contribution in [0.3, 0.4) is 0 Å². The summed E-state index contributed by atoms with van der Waals surface area (Å²) in [6, 6.07) is 11.3. The molecule has 0 saturated heterocycles. The Labute approximate surface area is 123 Å². The van der Waals surface area contributed by atoms with Gasteiger partial charge in [-0.25, -0.2) is 0 Å². The number of nitrogens with zero attached hydrogens (tertiary/aromatic N) is 1. The summed E-state index contributed by atoms with van der Waals surface area (Å²) in [6.45, 7) is 5.06. The van der Waals surface area contributed by atoms with Crippen LogP contribution < -0.4 is 5.73 Å². The first-order valence-corrected chi connectivity index (χ1v) is 7.73. The summed E-state index contributed by atoms with van der Waals surface area (Å²) in [5, 5.41) is 0. The summed E-state index contributed by atoms with van der Waals surface area (Å²) < 4.78 is 5.24. The van der Waals surface area contributed by atoms with Crippen LogP contribution >= 0.6 is 0 Å². The lowest BCUT2D eigenvalue weighted by molar-refractivity contribution is 0.112. The van der Waals surface area contributed by atoms with Gasteiger partial charge in [0.25, 0.3) is 0 Å². The number of methoxy groups -OCH3 is 1. The average molecular weight is 276 g/mol. The Morgan fingerprint density at radius 2 is 2.00 bits per heavy atom. The van der Waals surface area contributed by atoms with Crippen molar-refractivity contribution in [1.82, 2.24) is 4.90 Å². The van der Waals surface area contributed by atoms with Gasteiger partial charge in [0.05, 0.1) is 6.61 Å². The van der Waals surface area contributed by atoms with Crippen LogP contribution in [-0.2, 0) is 11.2 Å². The lowest BCUT2D eigenvalue weighted by atomic mass is 10.0. The molecule has 2 unspecified atom stereocenters. The maximum Gasteiger partial charge on any atom is 0.0589 e. The summed E-state index contributed by atoms with van der Waals surface area (Å²) >= 11 is 0. The maximum absolute atomic E-state index is 6.35. The fourth-order valence-electron chi connectivity index (χ4n) is 2.83. The standard InChI is InChI=1S/C17H28N2O/c1-14(16-8-9-16)19(10-11-20-2)13-17(18)12-15-6-4-3-5-7-15/h3-7,14,16-17H,8-13,18H2,1-2H3. The monoisotopic (exact) mass is 276 g/mol. The van der Waals surface area contributed by atoms with Gasteiger partial charge in [-0.3, -0.25) is 4.90 Å². The minimum absolute atomic E-state index is 0.190. The van der Waals surface area contributed by atoms with Crippen molar-refractivity contribution in [2.75, 3.05) is 26.8 Å². The molecule has 2 atom stereocenters. The van der Waals surface area contributed by atoms with Crippen molar-refractivity contribution >= 4 is 0 Å². The molecule has 0 amide bonds. The van der Waals surface area contributed by atoms with Crippen LogP contribution in [0.5, 0.6) is 0 Å². The molecule has 20 heavy (non-hydrogen) atoms. The SMILES string of the molecule is COCCN(CC(N)Cc1ccccc1)C(C)C1CC1. The first-order valence-electron chi connectivity index (χ1n) is 7.73. The van der Waals surface area contributed by atoms with E-state index >= 15 is 0 Å². The molecule has 0 spiro atoms. The zero-order chi connectivity index (χ0) is 14.4. The summed E-state index contributed by atoms with van der Waals surface area (Å²) in [6.07, 6.45) is 3.69. The molecule has 3 heteroatoms. The molecule has 112 valence electrons. The average Bonchev–Trinajstić information content (AvgIpc) is 3.28. The number of rotatable bonds is 9. The number of ether oxygens (including phenoxy) is 1. The molecule has 0 aliphatic heterocycles. The van der Waals surface area contributed by atoms with Crippen molar-refractivity contribution in [3.63, 3.8) is 0 Å². The molecule has 1 saturated carbocycles. The van der Waals surface area contributed by atoms with Gasteiger partial charge in [0.1, 0.15) is 0 Å². The van der Waals surface area contributed by atoms with Gasteiger partial charge >= 0.3 is 0 Å². The molecule has 1 aromatic carbocycles. The van der Waals surface area contributed by atoms with Crippen molar-refractivity contribution in [2.45, 2.75) is 38.3 Å². The van der Waals surface area contributed by atoms with Gasteiger partial charge in [-0.05, 0) is 37.7 Å². The molecule has 1 fully saturated rings. The number of benzene rings is 1.